The van der Waals surface area contributed by atoms with Gasteiger partial charge < -0.3 is 20.0 Å². The van der Waals surface area contributed by atoms with Crippen molar-refractivity contribution in [3.05, 3.63) is 0 Å². The van der Waals surface area contributed by atoms with Gasteiger partial charge in [0.25, 0.3) is 20.2 Å². The first-order valence-electron chi connectivity index (χ1n) is 30.7. The highest BCUT2D eigenvalue weighted by molar-refractivity contribution is 7.86. The van der Waals surface area contributed by atoms with Crippen LogP contribution in [-0.2, 0) is 29.8 Å². The second kappa shape index (κ2) is 22.3. The van der Waals surface area contributed by atoms with Crippen molar-refractivity contribution in [1.29, 1.82) is 0 Å². The number of hydrogen-bond acceptors (Lipinski definition) is 8. The quantitative estimate of drug-likeness (QED) is 0.186. The molecule has 424 valence electrons. The van der Waals surface area contributed by atoms with Gasteiger partial charge >= 0.3 is 0 Å². The van der Waals surface area contributed by atoms with E-state index in [-0.39, 0.29) is 78.0 Å². The Labute approximate surface area is 448 Å². The van der Waals surface area contributed by atoms with Gasteiger partial charge in [0.2, 0.25) is 11.8 Å². The van der Waals surface area contributed by atoms with Crippen LogP contribution in [0.5, 0.6) is 0 Å². The highest BCUT2D eigenvalue weighted by Gasteiger charge is 2.65. The Morgan fingerprint density at radius 2 is 0.824 bits per heavy atom. The van der Waals surface area contributed by atoms with Gasteiger partial charge in [-0.05, 0) is 239 Å². The Bertz CT molecular complexity index is 2060. The predicted molar refractivity (Wildman–Crippen MR) is 291 cm³/mol. The van der Waals surface area contributed by atoms with Crippen molar-refractivity contribution < 1.29 is 45.7 Å². The molecule has 4 N–H and O–H groups in total. The first-order valence-corrected chi connectivity index (χ1v) is 33.9. The van der Waals surface area contributed by atoms with E-state index in [1.165, 1.54) is 93.3 Å². The molecule has 12 nitrogen and oxygen atoms in total. The fourth-order valence-electron chi connectivity index (χ4n) is 21.3. The average Bonchev–Trinajstić information content (AvgIpc) is 3.87. The van der Waals surface area contributed by atoms with E-state index >= 15 is 0 Å². The van der Waals surface area contributed by atoms with Gasteiger partial charge in [-0.3, -0.25) is 18.7 Å². The molecule has 5 aliphatic heterocycles. The SMILES string of the molecule is C[C@@H]1CCCN(CCS(=O)(=O)O)C(=O)CCCC(=O)N(CCS(=O)(=O)O)CCC[C@H](C)[C@H]2CC[C@H]3[C@@H]4[C@@H](O)CC5C[C@H](CCC[C@@H]6CC[C@@]7(C)C(C6)C[C@H](O)[C@H]6[C@@H]8CC[C@H]1[C@@]8(C)CC[C@@H]67)CC[C@]5(C)[C@H]4CC[C@]23C. The highest BCUT2D eigenvalue weighted by Crippen LogP contribution is 2.71. The Morgan fingerprint density at radius 3 is 1.22 bits per heavy atom. The number of rotatable bonds is 6. The molecular weight excluding hydrogens is 973 g/mol. The van der Waals surface area contributed by atoms with Gasteiger partial charge in [0.05, 0.1) is 23.7 Å². The minimum Gasteiger partial charge on any atom is -0.393 e. The fraction of sp³-hybridized carbons (Fsp3) is 0.967. The zero-order valence-electron chi connectivity index (χ0n) is 46.8. The molecule has 74 heavy (non-hydrogen) atoms. The van der Waals surface area contributed by atoms with Crippen molar-refractivity contribution in [2.24, 2.45) is 105 Å². The third-order valence-electron chi connectivity index (χ3n) is 25.2. The maximum absolute atomic E-state index is 13.8. The van der Waals surface area contributed by atoms with E-state index < -0.39 is 31.7 Å². The number of carbonyl (C=O) groups excluding carboxylic acids is 2. The lowest BCUT2D eigenvalue weighted by atomic mass is 9.43. The summed E-state index contributed by atoms with van der Waals surface area (Å²) >= 11 is 0. The summed E-state index contributed by atoms with van der Waals surface area (Å²) in [5, 5.41) is 24.5. The number of amides is 2. The second-order valence-corrected chi connectivity index (χ2v) is 31.8. The summed E-state index contributed by atoms with van der Waals surface area (Å²) in [5.74, 6) is 5.66. The maximum atomic E-state index is 13.8. The summed E-state index contributed by atoms with van der Waals surface area (Å²) in [6, 6.07) is 0. The first kappa shape index (κ1) is 57.4. The van der Waals surface area contributed by atoms with Crippen LogP contribution >= 0.6 is 0 Å². The monoisotopic (exact) mass is 1070 g/mol. The Kier molecular flexibility index (Phi) is 17.3. The third kappa shape index (κ3) is 11.5. The fourth-order valence-corrected chi connectivity index (χ4v) is 22.2. The molecule has 2 amide bonds. The van der Waals surface area contributed by atoms with E-state index in [2.05, 4.69) is 41.5 Å². The Hall–Kier alpha value is -1.32. The van der Waals surface area contributed by atoms with Crippen LogP contribution < -0.4 is 0 Å². The van der Waals surface area contributed by atoms with Gasteiger partial charge in [-0.15, -0.1) is 0 Å². The molecule has 5 heterocycles. The van der Waals surface area contributed by atoms with Crippen molar-refractivity contribution in [1.82, 2.24) is 9.80 Å². The molecule has 13 aliphatic rings. The molecule has 13 fully saturated rings. The Morgan fingerprint density at radius 1 is 0.459 bits per heavy atom. The number of aliphatic hydroxyl groups is 2. The lowest BCUT2D eigenvalue weighted by molar-refractivity contribution is -0.170. The molecular formula is C60H102N2O10S2. The first-order chi connectivity index (χ1) is 34.8. The zero-order chi connectivity index (χ0) is 53.2. The molecule has 5 saturated heterocycles. The van der Waals surface area contributed by atoms with E-state index in [1.807, 2.05) is 0 Å². The van der Waals surface area contributed by atoms with E-state index in [0.717, 1.165) is 63.2 Å². The van der Waals surface area contributed by atoms with Gasteiger partial charge in [0.15, 0.2) is 0 Å². The van der Waals surface area contributed by atoms with Gasteiger partial charge in [-0.25, -0.2) is 0 Å². The Balaban J connectivity index is 0.913. The molecule has 8 aliphatic carbocycles. The molecule has 0 aromatic rings. The van der Waals surface area contributed by atoms with Crippen molar-refractivity contribution in [3.63, 3.8) is 0 Å². The lowest BCUT2D eigenvalue weighted by Crippen LogP contribution is -2.58. The number of fused-ring (bicyclic) bond motifs is 2. The highest BCUT2D eigenvalue weighted by atomic mass is 32.2. The predicted octanol–water partition coefficient (Wildman–Crippen LogP) is 11.1. The molecule has 13 rings (SSSR count). The summed E-state index contributed by atoms with van der Waals surface area (Å²) in [4.78, 5) is 30.7. The van der Waals surface area contributed by atoms with Crippen LogP contribution in [0.3, 0.4) is 0 Å². The third-order valence-corrected chi connectivity index (χ3v) is 26.6. The standard InChI is InChI=1S/C60H102N2O10S2/c1-39-11-9-29-61(31-33-73(67,68)69)53(65)15-8-16-54(66)62(32-34-74(70,71)72)30-10-12-40(2)46-18-20-48-56-50(24-28-60(46,48)6)58(4)26-22-42(36-44(58)38-52(56)64)14-7-13-41-21-25-57(3)43(35-41)37-51(63)55-47-19-17-45(39)59(47,5)27-23-49(55)57/h39-52,55-56,63-64H,7-38H2,1-6H3,(H,67,68,69)(H,70,71,72)/t39-,40+,41-,42-,43?,44?,45-,46-,47+,48+,49+,50+,51+,52+,55+,56+,57+,58+,59-,60-/m1/s1. The largest absolute Gasteiger partial charge is 0.393 e. The van der Waals surface area contributed by atoms with E-state index in [0.29, 0.717) is 96.9 Å². The van der Waals surface area contributed by atoms with Gasteiger partial charge in [-0.2, -0.15) is 16.8 Å². The van der Waals surface area contributed by atoms with E-state index in [1.54, 1.807) is 0 Å². The normalized spacial score (nSPS) is 47.3. The van der Waals surface area contributed by atoms with Crippen LogP contribution in [0, 0.1) is 105 Å². The minimum absolute atomic E-state index is 0.0158. The van der Waals surface area contributed by atoms with E-state index in [4.69, 9.17) is 0 Å². The number of nitrogens with zero attached hydrogens (tertiary/aromatic N) is 2. The van der Waals surface area contributed by atoms with Crippen LogP contribution in [0.1, 0.15) is 208 Å². The average molecular weight is 1080 g/mol. The topological polar surface area (TPSA) is 190 Å². The maximum Gasteiger partial charge on any atom is 0.266 e. The minimum atomic E-state index is -4.32. The van der Waals surface area contributed by atoms with Crippen LogP contribution in [-0.4, -0.2) is 108 Å². The van der Waals surface area contributed by atoms with Crippen LogP contribution in [0.25, 0.3) is 0 Å². The number of hydrogen-bond donors (Lipinski definition) is 4. The molecule has 0 aromatic carbocycles. The summed E-state index contributed by atoms with van der Waals surface area (Å²) in [7, 11) is -8.64. The lowest BCUT2D eigenvalue weighted by Gasteiger charge is -2.63. The molecule has 8 saturated carbocycles. The van der Waals surface area contributed by atoms with Crippen molar-refractivity contribution >= 4 is 32.1 Å². The van der Waals surface area contributed by atoms with Crippen molar-refractivity contribution in [2.75, 3.05) is 37.7 Å². The summed E-state index contributed by atoms with van der Waals surface area (Å²) in [5.41, 5.74) is 0.861. The molecule has 0 spiro atoms. The molecule has 20 atom stereocenters. The zero-order valence-corrected chi connectivity index (χ0v) is 48.4. The summed E-state index contributed by atoms with van der Waals surface area (Å²) < 4.78 is 67.1. The molecule has 0 radical (unpaired) electrons. The summed E-state index contributed by atoms with van der Waals surface area (Å²) in [6.07, 6.45) is 25.9. The van der Waals surface area contributed by atoms with Crippen molar-refractivity contribution in [3.8, 4) is 0 Å². The summed E-state index contributed by atoms with van der Waals surface area (Å²) in [6.45, 7) is 15.4. The smallest absolute Gasteiger partial charge is 0.266 e. The van der Waals surface area contributed by atoms with Gasteiger partial charge in [0, 0.05) is 39.0 Å². The number of aliphatic hydroxyl groups excluding tert-OH is 2. The van der Waals surface area contributed by atoms with Gasteiger partial charge in [-0.1, -0.05) is 60.8 Å². The molecule has 2 unspecified atom stereocenters. The second-order valence-electron chi connectivity index (χ2n) is 28.7. The van der Waals surface area contributed by atoms with Crippen LogP contribution in [0.4, 0.5) is 0 Å². The van der Waals surface area contributed by atoms with E-state index in [9.17, 15) is 45.7 Å². The van der Waals surface area contributed by atoms with Gasteiger partial charge in [0.1, 0.15) is 0 Å². The molecule has 0 aromatic heterocycles. The molecule has 14 heteroatoms. The molecule has 13 bridgehead atoms. The van der Waals surface area contributed by atoms with Crippen LogP contribution in [0.15, 0.2) is 0 Å². The van der Waals surface area contributed by atoms with Crippen LogP contribution in [0.2, 0.25) is 0 Å². The number of carbonyl (C=O) groups is 2. The van der Waals surface area contributed by atoms with Crippen molar-refractivity contribution in [2.45, 2.75) is 221 Å².